The van der Waals surface area contributed by atoms with Crippen LogP contribution in [0.25, 0.3) is 0 Å². The van der Waals surface area contributed by atoms with E-state index < -0.39 is 11.9 Å². The van der Waals surface area contributed by atoms with Gasteiger partial charge in [-0.15, -0.1) is 0 Å². The van der Waals surface area contributed by atoms with E-state index in [1.165, 1.54) is 17.9 Å². The molecule has 0 radical (unpaired) electrons. The lowest BCUT2D eigenvalue weighted by molar-refractivity contribution is 0.0600. The number of methoxy groups -OCH3 is 1. The third-order valence-electron chi connectivity index (χ3n) is 3.98. The maximum atomic E-state index is 12.3. The van der Waals surface area contributed by atoms with E-state index in [4.69, 9.17) is 16.3 Å². The minimum Gasteiger partial charge on any atom is -0.465 e. The molecule has 30 heavy (non-hydrogen) atoms. The van der Waals surface area contributed by atoms with Gasteiger partial charge in [0.2, 0.25) is 0 Å². The van der Waals surface area contributed by atoms with Gasteiger partial charge in [-0.25, -0.2) is 10.2 Å². The Morgan fingerprint density at radius 2 is 1.97 bits per heavy atom. The summed E-state index contributed by atoms with van der Waals surface area (Å²) in [5, 5.41) is 4.08. The molecule has 1 amide bonds. The van der Waals surface area contributed by atoms with Crippen molar-refractivity contribution < 1.29 is 14.3 Å². The van der Waals surface area contributed by atoms with Crippen LogP contribution in [0.2, 0.25) is 5.15 Å². The summed E-state index contributed by atoms with van der Waals surface area (Å²) in [7, 11) is 1.30. The Bertz CT molecular complexity index is 1190. The molecule has 0 aliphatic carbocycles. The molecule has 0 bridgehead atoms. The van der Waals surface area contributed by atoms with Gasteiger partial charge in [-0.3, -0.25) is 14.2 Å². The summed E-state index contributed by atoms with van der Waals surface area (Å²) in [6, 6.07) is 13.6. The Kier molecular flexibility index (Phi) is 7.20. The highest BCUT2D eigenvalue weighted by Gasteiger charge is 2.13. The highest BCUT2D eigenvalue weighted by molar-refractivity contribution is 9.10. The molecule has 3 rings (SSSR count). The second kappa shape index (κ2) is 9.84. The van der Waals surface area contributed by atoms with Gasteiger partial charge in [0, 0.05) is 10.0 Å². The molecular formula is C20H15BrClN3O4S. The molecule has 10 heteroatoms. The smallest absolute Gasteiger partial charge is 0.337 e. The fraction of sp³-hybridized carbons (Fsp3) is 0.100. The van der Waals surface area contributed by atoms with Gasteiger partial charge < -0.3 is 4.74 Å². The lowest BCUT2D eigenvalue weighted by atomic mass is 10.1. The van der Waals surface area contributed by atoms with Crippen LogP contribution >= 0.6 is 38.9 Å². The number of hydrogen-bond donors (Lipinski definition) is 1. The first-order chi connectivity index (χ1) is 14.4. The third-order valence-corrected chi connectivity index (χ3v) is 5.91. The number of halogens is 2. The maximum absolute atomic E-state index is 12.3. The van der Waals surface area contributed by atoms with Crippen molar-refractivity contribution in [3.8, 4) is 0 Å². The van der Waals surface area contributed by atoms with Crippen LogP contribution in [0.3, 0.4) is 0 Å². The molecule has 3 aromatic rings. The molecule has 0 unspecified atom stereocenters. The van der Waals surface area contributed by atoms with Crippen LogP contribution < -0.4 is 10.3 Å². The van der Waals surface area contributed by atoms with E-state index in [0.717, 1.165) is 15.8 Å². The van der Waals surface area contributed by atoms with Gasteiger partial charge in [0.15, 0.2) is 0 Å². The summed E-state index contributed by atoms with van der Waals surface area (Å²) in [6.07, 6.45) is 1.33. The highest BCUT2D eigenvalue weighted by atomic mass is 79.9. The molecule has 0 fully saturated rings. The molecule has 0 atom stereocenters. The van der Waals surface area contributed by atoms with E-state index in [2.05, 4.69) is 26.5 Å². The molecule has 0 aliphatic rings. The minimum atomic E-state index is -0.463. The Balaban J connectivity index is 1.74. The minimum absolute atomic E-state index is 0.178. The van der Waals surface area contributed by atoms with Crippen molar-refractivity contribution in [3.05, 3.63) is 89.4 Å². The number of esters is 1. The highest BCUT2D eigenvalue weighted by Crippen LogP contribution is 2.19. The average molecular weight is 509 g/mol. The number of nitrogens with zero attached hydrogens (tertiary/aromatic N) is 2. The summed E-state index contributed by atoms with van der Waals surface area (Å²) < 4.78 is 6.84. The summed E-state index contributed by atoms with van der Waals surface area (Å²) in [6.45, 7) is 0.178. The maximum Gasteiger partial charge on any atom is 0.337 e. The quantitative estimate of drug-likeness (QED) is 0.310. The van der Waals surface area contributed by atoms with Crippen LogP contribution in [-0.2, 0) is 11.3 Å². The summed E-state index contributed by atoms with van der Waals surface area (Å²) in [5.74, 6) is -0.857. The number of ether oxygens (including phenoxy) is 1. The summed E-state index contributed by atoms with van der Waals surface area (Å²) >= 11 is 10.5. The zero-order valence-corrected chi connectivity index (χ0v) is 18.8. The van der Waals surface area contributed by atoms with E-state index >= 15 is 0 Å². The van der Waals surface area contributed by atoms with Crippen molar-refractivity contribution in [2.45, 2.75) is 6.54 Å². The normalized spacial score (nSPS) is 10.9. The Morgan fingerprint density at radius 3 is 2.70 bits per heavy atom. The average Bonchev–Trinajstić information content (AvgIpc) is 3.01. The Labute approximate surface area is 189 Å². The van der Waals surface area contributed by atoms with E-state index in [1.54, 1.807) is 48.5 Å². The molecule has 0 spiro atoms. The number of carbonyl (C=O) groups is 2. The van der Waals surface area contributed by atoms with Crippen LogP contribution in [0.15, 0.2) is 62.9 Å². The van der Waals surface area contributed by atoms with Gasteiger partial charge in [-0.2, -0.15) is 5.10 Å². The predicted octanol–water partition coefficient (Wildman–Crippen LogP) is 3.92. The molecule has 7 nitrogen and oxygen atoms in total. The van der Waals surface area contributed by atoms with Gasteiger partial charge in [0.05, 0.1) is 30.3 Å². The van der Waals surface area contributed by atoms with Crippen LogP contribution in [0.1, 0.15) is 31.2 Å². The predicted molar refractivity (Wildman–Crippen MR) is 120 cm³/mol. The lowest BCUT2D eigenvalue weighted by Crippen LogP contribution is -2.17. The zero-order chi connectivity index (χ0) is 21.7. The van der Waals surface area contributed by atoms with Crippen LogP contribution in [0.5, 0.6) is 0 Å². The summed E-state index contributed by atoms with van der Waals surface area (Å²) in [5.41, 5.74) is 3.93. The standard InChI is InChI=1S/C20H15BrClN3O4S/c1-29-19(27)14-6-2-4-12(8-14)11-25-17(22)16(30-20(25)28)10-23-24-18(26)13-5-3-7-15(21)9-13/h2-10H,11H2,1H3,(H,24,26). The molecule has 1 heterocycles. The van der Waals surface area contributed by atoms with Crippen molar-refractivity contribution in [2.75, 3.05) is 7.11 Å². The second-order valence-electron chi connectivity index (χ2n) is 6.01. The van der Waals surface area contributed by atoms with Crippen molar-refractivity contribution >= 4 is 57.0 Å². The number of aromatic nitrogens is 1. The Hall–Kier alpha value is -2.75. The number of rotatable bonds is 6. The van der Waals surface area contributed by atoms with Crippen LogP contribution in [0.4, 0.5) is 0 Å². The Morgan fingerprint density at radius 1 is 1.23 bits per heavy atom. The van der Waals surface area contributed by atoms with Crippen molar-refractivity contribution in [2.24, 2.45) is 5.10 Å². The SMILES string of the molecule is COC(=O)c1cccc(Cn2c(Cl)c(C=NNC(=O)c3cccc(Br)c3)sc2=O)c1. The molecule has 1 aromatic heterocycles. The van der Waals surface area contributed by atoms with Crippen LogP contribution in [0, 0.1) is 0 Å². The second-order valence-corrected chi connectivity index (χ2v) is 8.28. The lowest BCUT2D eigenvalue weighted by Gasteiger charge is -2.06. The number of carbonyl (C=O) groups excluding carboxylic acids is 2. The van der Waals surface area contributed by atoms with Crippen molar-refractivity contribution in [3.63, 3.8) is 0 Å². The molecule has 0 saturated carbocycles. The van der Waals surface area contributed by atoms with Gasteiger partial charge >= 0.3 is 10.8 Å². The first kappa shape index (κ1) is 21.9. The fourth-order valence-electron chi connectivity index (χ4n) is 2.56. The zero-order valence-electron chi connectivity index (χ0n) is 15.6. The van der Waals surface area contributed by atoms with Crippen LogP contribution in [-0.4, -0.2) is 29.8 Å². The molecule has 154 valence electrons. The largest absolute Gasteiger partial charge is 0.465 e. The van der Waals surface area contributed by atoms with Crippen molar-refractivity contribution in [1.29, 1.82) is 0 Å². The number of benzene rings is 2. The van der Waals surface area contributed by atoms with E-state index in [1.807, 2.05) is 0 Å². The number of thiazole rings is 1. The topological polar surface area (TPSA) is 89.8 Å². The van der Waals surface area contributed by atoms with Gasteiger partial charge in [0.25, 0.3) is 5.91 Å². The monoisotopic (exact) mass is 507 g/mol. The fourth-order valence-corrected chi connectivity index (χ4v) is 4.06. The molecule has 1 N–H and O–H groups in total. The van der Waals surface area contributed by atoms with E-state index in [0.29, 0.717) is 21.6 Å². The number of hydrogen-bond acceptors (Lipinski definition) is 6. The molecular weight excluding hydrogens is 494 g/mol. The first-order valence-corrected chi connectivity index (χ1v) is 10.5. The van der Waals surface area contributed by atoms with Gasteiger partial charge in [0.1, 0.15) is 5.15 Å². The molecule has 0 saturated heterocycles. The van der Waals surface area contributed by atoms with Gasteiger partial charge in [-0.1, -0.05) is 57.1 Å². The molecule has 2 aromatic carbocycles. The number of nitrogens with one attached hydrogen (secondary N) is 1. The van der Waals surface area contributed by atoms with E-state index in [-0.39, 0.29) is 16.6 Å². The molecule has 0 aliphatic heterocycles. The number of hydrazone groups is 1. The van der Waals surface area contributed by atoms with Gasteiger partial charge in [-0.05, 0) is 35.9 Å². The number of amides is 1. The summed E-state index contributed by atoms with van der Waals surface area (Å²) in [4.78, 5) is 36.3. The third kappa shape index (κ3) is 5.24. The van der Waals surface area contributed by atoms with E-state index in [9.17, 15) is 14.4 Å². The first-order valence-electron chi connectivity index (χ1n) is 8.54. The van der Waals surface area contributed by atoms with Crippen molar-refractivity contribution in [1.82, 2.24) is 9.99 Å².